The second kappa shape index (κ2) is 5.88. The molecule has 1 N–H and O–H groups in total. The Bertz CT molecular complexity index is 452. The summed E-state index contributed by atoms with van der Waals surface area (Å²) in [5.41, 5.74) is 2.90. The Labute approximate surface area is 115 Å². The fourth-order valence-corrected chi connectivity index (χ4v) is 2.94. The molecular weight excluding hydrogens is 238 g/mol. The number of rotatable bonds is 3. The summed E-state index contributed by atoms with van der Waals surface area (Å²) in [5, 5.41) is 0. The third-order valence-electron chi connectivity index (χ3n) is 3.98. The minimum atomic E-state index is 0.234. The summed E-state index contributed by atoms with van der Waals surface area (Å²) in [6.45, 7) is 9.89. The summed E-state index contributed by atoms with van der Waals surface area (Å²) in [6, 6.07) is 2.41. The van der Waals surface area contributed by atoms with Crippen LogP contribution in [-0.4, -0.2) is 59.8 Å². The summed E-state index contributed by atoms with van der Waals surface area (Å²) in [6.07, 6.45) is 1.14. The van der Waals surface area contributed by atoms with Gasteiger partial charge in [-0.15, -0.1) is 0 Å². The predicted molar refractivity (Wildman–Crippen MR) is 77.7 cm³/mol. The van der Waals surface area contributed by atoms with Crippen LogP contribution in [0.2, 0.25) is 0 Å². The number of ketones is 1. The highest BCUT2D eigenvalue weighted by molar-refractivity contribution is 5.98. The minimum Gasteiger partial charge on any atom is -0.362 e. The number of Topliss-reactive ketones (excluding diaryl/α,β-unsaturated/α-hetero) is 1. The highest BCUT2D eigenvalue weighted by atomic mass is 16.1. The molecule has 0 radical (unpaired) electrons. The fraction of sp³-hybridized carbons (Fsp3) is 0.667. The molecule has 1 saturated heterocycles. The number of hydrogen-bond donors (Lipinski definition) is 1. The number of aromatic nitrogens is 1. The molecule has 0 aromatic carbocycles. The van der Waals surface area contributed by atoms with Crippen molar-refractivity contribution in [3.05, 3.63) is 23.0 Å². The van der Waals surface area contributed by atoms with Crippen LogP contribution in [0.4, 0.5) is 0 Å². The van der Waals surface area contributed by atoms with Crippen LogP contribution in [0.25, 0.3) is 0 Å². The first-order chi connectivity index (χ1) is 8.97. The maximum absolute atomic E-state index is 12.4. The largest absolute Gasteiger partial charge is 0.362 e. The van der Waals surface area contributed by atoms with Gasteiger partial charge in [0.25, 0.3) is 0 Å². The van der Waals surface area contributed by atoms with Gasteiger partial charge in [0.05, 0.1) is 6.54 Å². The number of likely N-dealkylation sites (N-methyl/N-ethyl adjacent to an activating group) is 1. The van der Waals surface area contributed by atoms with E-state index in [1.165, 1.54) is 0 Å². The number of hydrogen-bond acceptors (Lipinski definition) is 3. The normalized spacial score (nSPS) is 22.4. The Morgan fingerprint density at radius 3 is 2.79 bits per heavy atom. The van der Waals surface area contributed by atoms with Crippen LogP contribution in [0, 0.1) is 13.8 Å². The highest BCUT2D eigenvalue weighted by Gasteiger charge is 2.23. The molecule has 0 aliphatic carbocycles. The standard InChI is InChI=1S/C15H25N3O/c1-11-8-14(13(3)16-11)15(19)10-18-7-5-6-17(4)9-12(18)2/h8,12,16H,5-7,9-10H2,1-4H3. The van der Waals surface area contributed by atoms with Crippen LogP contribution in [0.5, 0.6) is 0 Å². The van der Waals surface area contributed by atoms with Gasteiger partial charge in [-0.25, -0.2) is 0 Å². The molecule has 1 atom stereocenters. The van der Waals surface area contributed by atoms with Crippen LogP contribution >= 0.6 is 0 Å². The molecule has 0 spiro atoms. The molecule has 1 aliphatic heterocycles. The van der Waals surface area contributed by atoms with Gasteiger partial charge in [-0.3, -0.25) is 9.69 Å². The molecule has 0 saturated carbocycles. The first-order valence-electron chi connectivity index (χ1n) is 7.09. The van der Waals surface area contributed by atoms with Crippen molar-refractivity contribution in [1.82, 2.24) is 14.8 Å². The topological polar surface area (TPSA) is 39.3 Å². The first kappa shape index (κ1) is 14.3. The monoisotopic (exact) mass is 263 g/mol. The Hall–Kier alpha value is -1.13. The van der Waals surface area contributed by atoms with Crippen molar-refractivity contribution in [3.63, 3.8) is 0 Å². The number of aryl methyl sites for hydroxylation is 2. The van der Waals surface area contributed by atoms with Gasteiger partial charge in [-0.2, -0.15) is 0 Å². The molecule has 2 rings (SSSR count). The van der Waals surface area contributed by atoms with Crippen molar-refractivity contribution in [2.45, 2.75) is 33.2 Å². The molecule has 19 heavy (non-hydrogen) atoms. The number of aromatic amines is 1. The van der Waals surface area contributed by atoms with Gasteiger partial charge in [0, 0.05) is 36.1 Å². The van der Waals surface area contributed by atoms with Gasteiger partial charge in [0.2, 0.25) is 0 Å². The van der Waals surface area contributed by atoms with E-state index in [9.17, 15) is 4.79 Å². The van der Waals surface area contributed by atoms with Gasteiger partial charge in [-0.05, 0) is 46.9 Å². The lowest BCUT2D eigenvalue weighted by Crippen LogP contribution is -2.40. The van der Waals surface area contributed by atoms with E-state index in [0.29, 0.717) is 12.6 Å². The van der Waals surface area contributed by atoms with E-state index in [0.717, 1.165) is 43.0 Å². The van der Waals surface area contributed by atoms with Crippen LogP contribution in [0.15, 0.2) is 6.07 Å². The number of carbonyl (C=O) groups is 1. The van der Waals surface area contributed by atoms with Gasteiger partial charge in [0.1, 0.15) is 0 Å². The molecule has 4 heteroatoms. The Morgan fingerprint density at radius 2 is 2.16 bits per heavy atom. The summed E-state index contributed by atoms with van der Waals surface area (Å²) in [5.74, 6) is 0.234. The molecule has 1 aromatic heterocycles. The maximum atomic E-state index is 12.4. The van der Waals surface area contributed by atoms with Gasteiger partial charge in [0.15, 0.2) is 5.78 Å². The molecule has 1 aliphatic rings. The van der Waals surface area contributed by atoms with Crippen LogP contribution in [0.1, 0.15) is 35.1 Å². The molecule has 106 valence electrons. The molecule has 1 unspecified atom stereocenters. The van der Waals surface area contributed by atoms with Gasteiger partial charge in [-0.1, -0.05) is 0 Å². The van der Waals surface area contributed by atoms with Crippen molar-refractivity contribution in [3.8, 4) is 0 Å². The molecular formula is C15H25N3O. The third kappa shape index (κ3) is 3.45. The molecule has 0 bridgehead atoms. The summed E-state index contributed by atoms with van der Waals surface area (Å²) >= 11 is 0. The number of nitrogens with zero attached hydrogens (tertiary/aromatic N) is 2. The maximum Gasteiger partial charge on any atom is 0.178 e. The predicted octanol–water partition coefficient (Wildman–Crippen LogP) is 1.84. The van der Waals surface area contributed by atoms with Gasteiger partial charge < -0.3 is 9.88 Å². The zero-order valence-electron chi connectivity index (χ0n) is 12.5. The average Bonchev–Trinajstić information content (AvgIpc) is 2.58. The van der Waals surface area contributed by atoms with E-state index in [1.54, 1.807) is 0 Å². The van der Waals surface area contributed by atoms with E-state index in [2.05, 4.69) is 28.8 Å². The second-order valence-corrected chi connectivity index (χ2v) is 5.85. The number of nitrogens with one attached hydrogen (secondary N) is 1. The van der Waals surface area contributed by atoms with E-state index in [-0.39, 0.29) is 5.78 Å². The van der Waals surface area contributed by atoms with Crippen molar-refractivity contribution >= 4 is 5.78 Å². The van der Waals surface area contributed by atoms with E-state index in [1.807, 2.05) is 19.9 Å². The first-order valence-corrected chi connectivity index (χ1v) is 7.09. The van der Waals surface area contributed by atoms with E-state index in [4.69, 9.17) is 0 Å². The lowest BCUT2D eigenvalue weighted by molar-refractivity contribution is 0.0900. The lowest BCUT2D eigenvalue weighted by Gasteiger charge is -2.27. The van der Waals surface area contributed by atoms with Crippen molar-refractivity contribution in [2.75, 3.05) is 33.2 Å². The molecule has 1 fully saturated rings. The van der Waals surface area contributed by atoms with Crippen molar-refractivity contribution < 1.29 is 4.79 Å². The third-order valence-corrected chi connectivity index (χ3v) is 3.98. The molecule has 2 heterocycles. The summed E-state index contributed by atoms with van der Waals surface area (Å²) < 4.78 is 0. The molecule has 1 aromatic rings. The smallest absolute Gasteiger partial charge is 0.178 e. The Kier molecular flexibility index (Phi) is 4.42. The quantitative estimate of drug-likeness (QED) is 0.846. The zero-order chi connectivity index (χ0) is 14.0. The fourth-order valence-electron chi connectivity index (χ4n) is 2.94. The summed E-state index contributed by atoms with van der Waals surface area (Å²) in [4.78, 5) is 20.3. The number of carbonyl (C=O) groups excluding carboxylic acids is 1. The van der Waals surface area contributed by atoms with Crippen molar-refractivity contribution in [2.24, 2.45) is 0 Å². The van der Waals surface area contributed by atoms with Crippen LogP contribution in [-0.2, 0) is 0 Å². The summed E-state index contributed by atoms with van der Waals surface area (Å²) in [7, 11) is 2.15. The SMILES string of the molecule is Cc1cc(C(=O)CN2CCCN(C)CC2C)c(C)[nH]1. The van der Waals surface area contributed by atoms with E-state index >= 15 is 0 Å². The lowest BCUT2D eigenvalue weighted by atomic mass is 10.1. The average molecular weight is 263 g/mol. The zero-order valence-corrected chi connectivity index (χ0v) is 12.5. The van der Waals surface area contributed by atoms with Crippen LogP contribution < -0.4 is 0 Å². The minimum absolute atomic E-state index is 0.234. The molecule has 4 nitrogen and oxygen atoms in total. The second-order valence-electron chi connectivity index (χ2n) is 5.85. The Balaban J connectivity index is 2.03. The van der Waals surface area contributed by atoms with E-state index < -0.39 is 0 Å². The molecule has 0 amide bonds. The van der Waals surface area contributed by atoms with Crippen LogP contribution in [0.3, 0.4) is 0 Å². The number of H-pyrrole nitrogens is 1. The highest BCUT2D eigenvalue weighted by Crippen LogP contribution is 2.14. The Morgan fingerprint density at radius 1 is 1.42 bits per heavy atom. The van der Waals surface area contributed by atoms with Crippen molar-refractivity contribution in [1.29, 1.82) is 0 Å². The van der Waals surface area contributed by atoms with Gasteiger partial charge >= 0.3 is 0 Å².